The van der Waals surface area contributed by atoms with E-state index in [0.29, 0.717) is 15.4 Å². The summed E-state index contributed by atoms with van der Waals surface area (Å²) in [5, 5.41) is 0.520. The Morgan fingerprint density at radius 3 is 2.18 bits per heavy atom. The lowest BCUT2D eigenvalue weighted by atomic mass is 10.1. The molecule has 1 heterocycles. The Labute approximate surface area is 172 Å². The van der Waals surface area contributed by atoms with Crippen LogP contribution < -0.4 is 4.80 Å². The molecule has 1 aromatic heterocycles. The van der Waals surface area contributed by atoms with Gasteiger partial charge >= 0.3 is 0 Å². The molecule has 138 valence electrons. The van der Waals surface area contributed by atoms with E-state index in [1.807, 2.05) is 48.0 Å². The van der Waals surface area contributed by atoms with Crippen molar-refractivity contribution in [2.24, 2.45) is 12.0 Å². The summed E-state index contributed by atoms with van der Waals surface area (Å²) in [6.45, 7) is 0. The first-order chi connectivity index (χ1) is 13.6. The van der Waals surface area contributed by atoms with Crippen LogP contribution in [0.1, 0.15) is 10.4 Å². The zero-order valence-corrected chi connectivity index (χ0v) is 16.7. The third kappa shape index (κ3) is 3.70. The maximum Gasteiger partial charge on any atom is 0.279 e. The SMILES string of the molecule is Cn1c(-c2ccccc2)c(-c2ccccc2)sc1=NC(=O)c1cccc(Cl)c1. The molecular formula is C23H17ClN2OS. The first-order valence-corrected chi connectivity index (χ1v) is 9.98. The van der Waals surface area contributed by atoms with Gasteiger partial charge < -0.3 is 4.57 Å². The molecular weight excluding hydrogens is 388 g/mol. The highest BCUT2D eigenvalue weighted by atomic mass is 35.5. The first kappa shape index (κ1) is 18.4. The van der Waals surface area contributed by atoms with Crippen LogP contribution >= 0.6 is 22.9 Å². The van der Waals surface area contributed by atoms with E-state index in [2.05, 4.69) is 29.3 Å². The Balaban J connectivity index is 1.90. The number of aromatic nitrogens is 1. The highest BCUT2D eigenvalue weighted by Gasteiger charge is 2.16. The molecule has 1 amide bonds. The number of hydrogen-bond donors (Lipinski definition) is 0. The van der Waals surface area contributed by atoms with Gasteiger partial charge in [-0.25, -0.2) is 0 Å². The maximum absolute atomic E-state index is 12.7. The Morgan fingerprint density at radius 1 is 0.893 bits per heavy atom. The number of carbonyl (C=O) groups is 1. The van der Waals surface area contributed by atoms with Gasteiger partial charge in [0.2, 0.25) is 0 Å². The van der Waals surface area contributed by atoms with Crippen molar-refractivity contribution in [3.05, 3.63) is 100 Å². The third-order valence-corrected chi connectivity index (χ3v) is 5.80. The van der Waals surface area contributed by atoms with Crippen molar-refractivity contribution in [3.63, 3.8) is 0 Å². The highest BCUT2D eigenvalue weighted by molar-refractivity contribution is 7.13. The normalized spacial score (nSPS) is 11.6. The van der Waals surface area contributed by atoms with Gasteiger partial charge in [-0.05, 0) is 29.3 Å². The average molecular weight is 405 g/mol. The van der Waals surface area contributed by atoms with Crippen molar-refractivity contribution in [2.75, 3.05) is 0 Å². The van der Waals surface area contributed by atoms with Crippen molar-refractivity contribution in [2.45, 2.75) is 0 Å². The molecule has 5 heteroatoms. The topological polar surface area (TPSA) is 34.4 Å². The lowest BCUT2D eigenvalue weighted by Gasteiger charge is -2.07. The lowest BCUT2D eigenvalue weighted by molar-refractivity contribution is 0.0998. The van der Waals surface area contributed by atoms with Gasteiger partial charge in [0, 0.05) is 17.6 Å². The number of carbonyl (C=O) groups excluding carboxylic acids is 1. The van der Waals surface area contributed by atoms with Crippen LogP contribution in [0, 0.1) is 0 Å². The summed E-state index contributed by atoms with van der Waals surface area (Å²) in [6, 6.07) is 27.2. The molecule has 4 aromatic rings. The molecule has 4 rings (SSSR count). The summed E-state index contributed by atoms with van der Waals surface area (Å²) in [6.07, 6.45) is 0. The van der Waals surface area contributed by atoms with Gasteiger partial charge in [-0.2, -0.15) is 4.99 Å². The fraction of sp³-hybridized carbons (Fsp3) is 0.0435. The van der Waals surface area contributed by atoms with E-state index in [1.165, 1.54) is 11.3 Å². The molecule has 0 saturated heterocycles. The number of rotatable bonds is 3. The maximum atomic E-state index is 12.7. The molecule has 0 spiro atoms. The molecule has 3 nitrogen and oxygen atoms in total. The molecule has 0 bridgehead atoms. The summed E-state index contributed by atoms with van der Waals surface area (Å²) in [4.78, 5) is 18.8. The quantitative estimate of drug-likeness (QED) is 0.424. The first-order valence-electron chi connectivity index (χ1n) is 8.79. The summed E-state index contributed by atoms with van der Waals surface area (Å²) >= 11 is 7.52. The monoisotopic (exact) mass is 404 g/mol. The van der Waals surface area contributed by atoms with Crippen LogP contribution in [0.15, 0.2) is 89.9 Å². The van der Waals surface area contributed by atoms with E-state index >= 15 is 0 Å². The van der Waals surface area contributed by atoms with Crippen molar-refractivity contribution >= 4 is 28.8 Å². The molecule has 0 fully saturated rings. The lowest BCUT2D eigenvalue weighted by Crippen LogP contribution is -2.14. The van der Waals surface area contributed by atoms with Crippen molar-refractivity contribution < 1.29 is 4.79 Å². The van der Waals surface area contributed by atoms with E-state index in [-0.39, 0.29) is 5.91 Å². The van der Waals surface area contributed by atoms with Gasteiger partial charge in [-0.15, -0.1) is 0 Å². The molecule has 0 aliphatic heterocycles. The van der Waals surface area contributed by atoms with Crippen molar-refractivity contribution in [1.82, 2.24) is 4.57 Å². The van der Waals surface area contributed by atoms with Crippen molar-refractivity contribution in [3.8, 4) is 21.7 Å². The molecule has 0 unspecified atom stereocenters. The number of hydrogen-bond acceptors (Lipinski definition) is 2. The van der Waals surface area contributed by atoms with Gasteiger partial charge in [-0.1, -0.05) is 89.7 Å². The van der Waals surface area contributed by atoms with Gasteiger partial charge in [0.05, 0.1) is 10.6 Å². The Hall–Kier alpha value is -2.95. The summed E-state index contributed by atoms with van der Waals surface area (Å²) < 4.78 is 1.98. The number of thiazole rings is 1. The van der Waals surface area contributed by atoms with Crippen LogP contribution in [-0.2, 0) is 7.05 Å². The third-order valence-electron chi connectivity index (χ3n) is 4.38. The Bertz CT molecular complexity index is 1190. The molecule has 0 N–H and O–H groups in total. The van der Waals surface area contributed by atoms with E-state index in [0.717, 1.165) is 21.7 Å². The second kappa shape index (κ2) is 7.97. The smallest absolute Gasteiger partial charge is 0.279 e. The van der Waals surface area contributed by atoms with Crippen molar-refractivity contribution in [1.29, 1.82) is 0 Å². The summed E-state index contributed by atoms with van der Waals surface area (Å²) in [5.41, 5.74) is 3.69. The van der Waals surface area contributed by atoms with Gasteiger partial charge in [0.25, 0.3) is 5.91 Å². The predicted octanol–water partition coefficient (Wildman–Crippen LogP) is 5.82. The fourth-order valence-corrected chi connectivity index (χ4v) is 4.37. The van der Waals surface area contributed by atoms with E-state index in [4.69, 9.17) is 11.6 Å². The predicted molar refractivity (Wildman–Crippen MR) is 116 cm³/mol. The van der Waals surface area contributed by atoms with Crippen LogP contribution in [0.3, 0.4) is 0 Å². The molecule has 0 aliphatic carbocycles. The number of amides is 1. The minimum atomic E-state index is -0.307. The second-order valence-electron chi connectivity index (χ2n) is 6.28. The Kier molecular flexibility index (Phi) is 5.24. The van der Waals surface area contributed by atoms with Crippen LogP contribution in [0.5, 0.6) is 0 Å². The fourth-order valence-electron chi connectivity index (χ4n) is 3.03. The molecule has 0 saturated carbocycles. The zero-order valence-electron chi connectivity index (χ0n) is 15.2. The van der Waals surface area contributed by atoms with E-state index < -0.39 is 0 Å². The van der Waals surface area contributed by atoms with E-state index in [1.54, 1.807) is 24.3 Å². The number of benzene rings is 3. The van der Waals surface area contributed by atoms with Crippen LogP contribution in [0.4, 0.5) is 0 Å². The largest absolute Gasteiger partial charge is 0.319 e. The zero-order chi connectivity index (χ0) is 19.5. The second-order valence-corrected chi connectivity index (χ2v) is 7.69. The molecule has 0 radical (unpaired) electrons. The minimum absolute atomic E-state index is 0.307. The average Bonchev–Trinajstić information content (AvgIpc) is 3.05. The molecule has 0 atom stereocenters. The molecule has 28 heavy (non-hydrogen) atoms. The highest BCUT2D eigenvalue weighted by Crippen LogP contribution is 2.34. The molecule has 0 aliphatic rings. The van der Waals surface area contributed by atoms with Crippen LogP contribution in [-0.4, -0.2) is 10.5 Å². The Morgan fingerprint density at radius 2 is 1.54 bits per heavy atom. The van der Waals surface area contributed by atoms with Crippen LogP contribution in [0.25, 0.3) is 21.7 Å². The van der Waals surface area contributed by atoms with Gasteiger partial charge in [-0.3, -0.25) is 4.79 Å². The standard InChI is InChI=1S/C23H17ClN2OS/c1-26-20(16-9-4-2-5-10-16)21(17-11-6-3-7-12-17)28-23(26)25-22(27)18-13-8-14-19(24)15-18/h2-15H,1H3. The minimum Gasteiger partial charge on any atom is -0.319 e. The number of nitrogens with zero attached hydrogens (tertiary/aromatic N) is 2. The van der Waals surface area contributed by atoms with Crippen LogP contribution in [0.2, 0.25) is 5.02 Å². The number of halogens is 1. The molecule has 3 aromatic carbocycles. The summed E-state index contributed by atoms with van der Waals surface area (Å²) in [7, 11) is 1.94. The summed E-state index contributed by atoms with van der Waals surface area (Å²) in [5.74, 6) is -0.307. The van der Waals surface area contributed by atoms with Gasteiger partial charge in [0.15, 0.2) is 4.80 Å². The van der Waals surface area contributed by atoms with Gasteiger partial charge in [0.1, 0.15) is 0 Å². The van der Waals surface area contributed by atoms with E-state index in [9.17, 15) is 4.79 Å².